The summed E-state index contributed by atoms with van der Waals surface area (Å²) in [5, 5.41) is 14.4. The van der Waals surface area contributed by atoms with E-state index in [2.05, 4.69) is 10.3 Å². The number of ether oxygens (including phenoxy) is 1. The third kappa shape index (κ3) is 4.48. The molecule has 31 heavy (non-hydrogen) atoms. The molecule has 0 saturated heterocycles. The first-order valence-corrected chi connectivity index (χ1v) is 9.32. The Hall–Kier alpha value is -4.33. The molecular formula is C23H17N2O6-. The molecule has 8 heteroatoms. The van der Waals surface area contributed by atoms with Crippen LogP contribution in [-0.4, -0.2) is 19.0 Å². The van der Waals surface area contributed by atoms with Crippen molar-refractivity contribution in [2.45, 2.75) is 6.54 Å². The van der Waals surface area contributed by atoms with Crippen LogP contribution in [0.5, 0.6) is 5.75 Å². The first-order chi connectivity index (χ1) is 15.0. The van der Waals surface area contributed by atoms with Gasteiger partial charge in [0, 0.05) is 11.5 Å². The van der Waals surface area contributed by atoms with Gasteiger partial charge in [0.05, 0.1) is 31.6 Å². The van der Waals surface area contributed by atoms with Crippen LogP contribution in [0, 0.1) is 0 Å². The maximum absolute atomic E-state index is 12.9. The molecular weight excluding hydrogens is 400 g/mol. The summed E-state index contributed by atoms with van der Waals surface area (Å²) in [7, 11) is 1.54. The number of nitrogens with one attached hydrogen (secondary N) is 1. The molecule has 0 aliphatic rings. The number of carbonyl (C=O) groups excluding carboxylic acids is 2. The van der Waals surface area contributed by atoms with Gasteiger partial charge in [0.2, 0.25) is 5.55 Å². The summed E-state index contributed by atoms with van der Waals surface area (Å²) in [6.45, 7) is 0.201. The van der Waals surface area contributed by atoms with Gasteiger partial charge in [0.25, 0.3) is 5.91 Å². The quantitative estimate of drug-likeness (QED) is 0.515. The van der Waals surface area contributed by atoms with Crippen molar-refractivity contribution in [1.82, 2.24) is 5.32 Å². The van der Waals surface area contributed by atoms with Gasteiger partial charge < -0.3 is 28.8 Å². The molecule has 2 aromatic heterocycles. The van der Waals surface area contributed by atoms with Crippen LogP contribution in [0.25, 0.3) is 11.0 Å². The lowest BCUT2D eigenvalue weighted by atomic mass is 10.1. The number of carbonyl (C=O) groups is 2. The molecule has 8 nitrogen and oxygen atoms in total. The van der Waals surface area contributed by atoms with Crippen LogP contribution in [0.3, 0.4) is 0 Å². The summed E-state index contributed by atoms with van der Waals surface area (Å²) < 4.78 is 16.4. The normalized spacial score (nSPS) is 11.5. The number of methoxy groups -OCH3 is 1. The Morgan fingerprint density at radius 3 is 2.58 bits per heavy atom. The standard InChI is InChI=1S/C23H18N2O6/c1-29-17-9-6-15-11-19(21(26)24-13-18-3-2-10-30-18)22(31-20(15)12-17)25-16-7-4-14(5-8-16)23(27)28/h2-12H,13H2,1H3,(H,24,26)(H,27,28)/p-1. The molecule has 4 aromatic rings. The number of benzene rings is 2. The van der Waals surface area contributed by atoms with Crippen LogP contribution in [0.15, 0.2) is 80.8 Å². The van der Waals surface area contributed by atoms with E-state index in [4.69, 9.17) is 13.6 Å². The van der Waals surface area contributed by atoms with Crippen molar-refractivity contribution >= 4 is 28.5 Å². The molecule has 2 aromatic carbocycles. The van der Waals surface area contributed by atoms with E-state index in [1.807, 2.05) is 0 Å². The van der Waals surface area contributed by atoms with Gasteiger partial charge in [-0.15, -0.1) is 0 Å². The van der Waals surface area contributed by atoms with Crippen molar-refractivity contribution in [3.63, 3.8) is 0 Å². The maximum atomic E-state index is 12.9. The van der Waals surface area contributed by atoms with E-state index in [0.717, 1.165) is 0 Å². The highest BCUT2D eigenvalue weighted by Gasteiger charge is 2.14. The number of fused-ring (bicyclic) bond motifs is 1. The molecule has 4 rings (SSSR count). The topological polar surface area (TPSA) is 117 Å². The van der Waals surface area contributed by atoms with E-state index < -0.39 is 11.9 Å². The number of carboxylic acid groups (broad SMARTS) is 1. The minimum atomic E-state index is -1.29. The second kappa shape index (κ2) is 8.58. The van der Waals surface area contributed by atoms with Gasteiger partial charge >= 0.3 is 0 Å². The Balaban J connectivity index is 1.78. The second-order valence-electron chi connectivity index (χ2n) is 6.58. The summed E-state index contributed by atoms with van der Waals surface area (Å²) >= 11 is 0. The van der Waals surface area contributed by atoms with Crippen LogP contribution in [0.1, 0.15) is 26.5 Å². The average molecular weight is 417 g/mol. The predicted octanol–water partition coefficient (Wildman–Crippen LogP) is 2.56. The summed E-state index contributed by atoms with van der Waals surface area (Å²) in [4.78, 5) is 28.2. The molecule has 0 aliphatic carbocycles. The number of hydrogen-bond donors (Lipinski definition) is 1. The number of carboxylic acids is 1. The highest BCUT2D eigenvalue weighted by atomic mass is 16.5. The Morgan fingerprint density at radius 1 is 1.10 bits per heavy atom. The zero-order chi connectivity index (χ0) is 21.8. The molecule has 0 radical (unpaired) electrons. The highest BCUT2D eigenvalue weighted by Crippen LogP contribution is 2.21. The molecule has 0 spiro atoms. The predicted molar refractivity (Wildman–Crippen MR) is 109 cm³/mol. The Bertz CT molecular complexity index is 1300. The van der Waals surface area contributed by atoms with Gasteiger partial charge in [-0.25, -0.2) is 4.99 Å². The minimum absolute atomic E-state index is 0.0237. The Morgan fingerprint density at radius 2 is 1.90 bits per heavy atom. The monoisotopic (exact) mass is 417 g/mol. The molecule has 156 valence electrons. The average Bonchev–Trinajstić information content (AvgIpc) is 3.30. The molecule has 0 aliphatic heterocycles. The lowest BCUT2D eigenvalue weighted by molar-refractivity contribution is -0.255. The van der Waals surface area contributed by atoms with Gasteiger partial charge in [0.15, 0.2) is 0 Å². The van der Waals surface area contributed by atoms with Crippen molar-refractivity contribution in [3.05, 3.63) is 89.4 Å². The molecule has 0 unspecified atom stereocenters. The van der Waals surface area contributed by atoms with Gasteiger partial charge in [-0.3, -0.25) is 4.79 Å². The summed E-state index contributed by atoms with van der Waals surface area (Å²) in [5.41, 5.74) is 1.20. The van der Waals surface area contributed by atoms with Gasteiger partial charge in [-0.2, -0.15) is 0 Å². The molecule has 1 N–H and O–H groups in total. The van der Waals surface area contributed by atoms with E-state index in [9.17, 15) is 14.7 Å². The fourth-order valence-electron chi connectivity index (χ4n) is 2.94. The zero-order valence-corrected chi connectivity index (χ0v) is 16.5. The molecule has 2 heterocycles. The van der Waals surface area contributed by atoms with Crippen molar-refractivity contribution in [3.8, 4) is 5.75 Å². The molecule has 0 bridgehead atoms. The Kier molecular flexibility index (Phi) is 5.53. The van der Waals surface area contributed by atoms with E-state index in [1.165, 1.54) is 30.5 Å². The van der Waals surface area contributed by atoms with Crippen LogP contribution in [-0.2, 0) is 6.54 Å². The lowest BCUT2D eigenvalue weighted by Crippen LogP contribution is -2.28. The number of hydrogen-bond acceptors (Lipinski definition) is 7. The van der Waals surface area contributed by atoms with Gasteiger partial charge in [-0.1, -0.05) is 12.1 Å². The molecule has 0 atom stereocenters. The highest BCUT2D eigenvalue weighted by molar-refractivity contribution is 5.96. The first kappa shape index (κ1) is 20.0. The first-order valence-electron chi connectivity index (χ1n) is 9.32. The van der Waals surface area contributed by atoms with Crippen LogP contribution >= 0.6 is 0 Å². The SMILES string of the molecule is COc1ccc2cc(C(=O)NCc3ccco3)c(=Nc3ccc(C(=O)[O-])cc3)oc2c1. The number of furan rings is 1. The summed E-state index contributed by atoms with van der Waals surface area (Å²) in [5.74, 6) is -0.488. The van der Waals surface area contributed by atoms with Crippen molar-refractivity contribution in [2.75, 3.05) is 7.11 Å². The largest absolute Gasteiger partial charge is 0.545 e. The summed E-state index contributed by atoms with van der Waals surface area (Å²) in [6.07, 6.45) is 1.53. The minimum Gasteiger partial charge on any atom is -0.545 e. The fraction of sp³-hybridized carbons (Fsp3) is 0.0870. The van der Waals surface area contributed by atoms with Crippen LogP contribution in [0.2, 0.25) is 0 Å². The zero-order valence-electron chi connectivity index (χ0n) is 16.5. The number of nitrogens with zero attached hydrogens (tertiary/aromatic N) is 1. The van der Waals surface area contributed by atoms with Gasteiger partial charge in [0.1, 0.15) is 22.7 Å². The summed E-state index contributed by atoms with van der Waals surface area (Å²) in [6, 6.07) is 16.1. The smallest absolute Gasteiger partial charge is 0.257 e. The maximum Gasteiger partial charge on any atom is 0.257 e. The van der Waals surface area contributed by atoms with E-state index in [1.54, 1.807) is 43.5 Å². The van der Waals surface area contributed by atoms with Crippen molar-refractivity contribution < 1.29 is 28.3 Å². The van der Waals surface area contributed by atoms with Crippen molar-refractivity contribution in [2.24, 2.45) is 4.99 Å². The van der Waals surface area contributed by atoms with E-state index in [0.29, 0.717) is 28.2 Å². The van der Waals surface area contributed by atoms with Gasteiger partial charge in [-0.05, 0) is 48.0 Å². The number of amides is 1. The van der Waals surface area contributed by atoms with Crippen LogP contribution < -0.4 is 20.7 Å². The molecule has 0 saturated carbocycles. The third-order valence-electron chi connectivity index (χ3n) is 4.54. The molecule has 0 fully saturated rings. The van der Waals surface area contributed by atoms with Crippen molar-refractivity contribution in [1.29, 1.82) is 0 Å². The van der Waals surface area contributed by atoms with E-state index in [-0.39, 0.29) is 23.2 Å². The number of rotatable bonds is 6. The van der Waals surface area contributed by atoms with Crippen LogP contribution in [0.4, 0.5) is 5.69 Å². The Labute approximate surface area is 176 Å². The molecule has 1 amide bonds. The fourth-order valence-corrected chi connectivity index (χ4v) is 2.94. The number of aromatic carboxylic acids is 1. The second-order valence-corrected chi connectivity index (χ2v) is 6.58. The lowest BCUT2D eigenvalue weighted by Gasteiger charge is -2.07. The van der Waals surface area contributed by atoms with E-state index >= 15 is 0 Å². The third-order valence-corrected chi connectivity index (χ3v) is 4.54.